The number of nitrogens with one attached hydrogen (secondary N) is 1. The van der Waals surface area contributed by atoms with Crippen molar-refractivity contribution in [2.24, 2.45) is 11.8 Å². The number of benzene rings is 1. The number of hydrazine groups is 1. The lowest BCUT2D eigenvalue weighted by Gasteiger charge is -2.22. The Kier molecular flexibility index (Phi) is 4.50. The van der Waals surface area contributed by atoms with E-state index in [9.17, 15) is 4.39 Å². The van der Waals surface area contributed by atoms with Crippen LogP contribution in [0.4, 0.5) is 4.39 Å². The topological polar surface area (TPSA) is 47.3 Å². The summed E-state index contributed by atoms with van der Waals surface area (Å²) in [6.07, 6.45) is 1.70. The minimum Gasteiger partial charge on any atom is -0.381 e. The van der Waals surface area contributed by atoms with Crippen LogP contribution in [0.1, 0.15) is 12.0 Å². The summed E-state index contributed by atoms with van der Waals surface area (Å²) in [4.78, 5) is 0. The van der Waals surface area contributed by atoms with Crippen LogP contribution in [-0.2, 0) is 11.2 Å². The summed E-state index contributed by atoms with van der Waals surface area (Å²) in [6, 6.07) is 4.83. The van der Waals surface area contributed by atoms with E-state index >= 15 is 0 Å². The predicted molar refractivity (Wildman–Crippen MR) is 67.8 cm³/mol. The summed E-state index contributed by atoms with van der Waals surface area (Å²) in [5, 5.41) is 0. The van der Waals surface area contributed by atoms with Gasteiger partial charge in [-0.05, 0) is 36.6 Å². The molecular formula is C12H16BrFN2O. The minimum absolute atomic E-state index is 0.121. The Hall–Kier alpha value is -0.490. The van der Waals surface area contributed by atoms with Crippen molar-refractivity contribution >= 4 is 15.9 Å². The molecule has 1 aliphatic rings. The largest absolute Gasteiger partial charge is 0.381 e. The van der Waals surface area contributed by atoms with Crippen LogP contribution in [0.25, 0.3) is 0 Å². The maximum absolute atomic E-state index is 13.2. The molecule has 2 rings (SSSR count). The molecule has 94 valence electrons. The van der Waals surface area contributed by atoms with Crippen LogP contribution in [0.5, 0.6) is 0 Å². The second kappa shape index (κ2) is 5.91. The zero-order valence-corrected chi connectivity index (χ0v) is 11.0. The number of nitrogens with two attached hydrogens (primary N) is 1. The van der Waals surface area contributed by atoms with Gasteiger partial charge in [0.25, 0.3) is 0 Å². The molecule has 0 amide bonds. The molecule has 0 radical (unpaired) electrons. The quantitative estimate of drug-likeness (QED) is 0.661. The number of halogens is 2. The Morgan fingerprint density at radius 3 is 3.06 bits per heavy atom. The van der Waals surface area contributed by atoms with Gasteiger partial charge in [0, 0.05) is 23.0 Å². The van der Waals surface area contributed by atoms with Crippen molar-refractivity contribution in [1.29, 1.82) is 0 Å². The van der Waals surface area contributed by atoms with Crippen LogP contribution in [-0.4, -0.2) is 19.3 Å². The first-order valence-electron chi connectivity index (χ1n) is 5.68. The fourth-order valence-corrected chi connectivity index (χ4v) is 2.58. The first-order valence-corrected chi connectivity index (χ1v) is 6.48. The molecule has 17 heavy (non-hydrogen) atoms. The van der Waals surface area contributed by atoms with Gasteiger partial charge in [0.1, 0.15) is 5.82 Å². The maximum Gasteiger partial charge on any atom is 0.123 e. The highest BCUT2D eigenvalue weighted by Crippen LogP contribution is 2.24. The number of hydrogen-bond acceptors (Lipinski definition) is 3. The Morgan fingerprint density at radius 1 is 1.59 bits per heavy atom. The lowest BCUT2D eigenvalue weighted by Crippen LogP contribution is -2.42. The van der Waals surface area contributed by atoms with Gasteiger partial charge in [0.15, 0.2) is 0 Å². The first-order chi connectivity index (χ1) is 8.20. The molecule has 1 saturated heterocycles. The van der Waals surface area contributed by atoms with Crippen molar-refractivity contribution in [2.75, 3.05) is 13.2 Å². The van der Waals surface area contributed by atoms with E-state index < -0.39 is 0 Å². The molecule has 0 saturated carbocycles. The van der Waals surface area contributed by atoms with Gasteiger partial charge in [-0.2, -0.15) is 0 Å². The van der Waals surface area contributed by atoms with Crippen LogP contribution in [0.15, 0.2) is 22.7 Å². The van der Waals surface area contributed by atoms with E-state index in [1.807, 2.05) is 0 Å². The lowest BCUT2D eigenvalue weighted by molar-refractivity contribution is 0.176. The SMILES string of the molecule is NNC(Cc1cc(F)ccc1Br)C1CCOC1. The molecule has 1 aromatic carbocycles. The second-order valence-electron chi connectivity index (χ2n) is 4.34. The number of hydrogen-bond donors (Lipinski definition) is 2. The highest BCUT2D eigenvalue weighted by molar-refractivity contribution is 9.10. The molecule has 0 aliphatic carbocycles. The molecule has 0 aromatic heterocycles. The summed E-state index contributed by atoms with van der Waals surface area (Å²) in [7, 11) is 0. The zero-order chi connectivity index (χ0) is 12.3. The van der Waals surface area contributed by atoms with Crippen LogP contribution < -0.4 is 11.3 Å². The number of ether oxygens (including phenoxy) is 1. The Morgan fingerprint density at radius 2 is 2.41 bits per heavy atom. The van der Waals surface area contributed by atoms with Crippen LogP contribution in [0.2, 0.25) is 0 Å². The zero-order valence-electron chi connectivity index (χ0n) is 9.46. The fraction of sp³-hybridized carbons (Fsp3) is 0.500. The summed E-state index contributed by atoms with van der Waals surface area (Å²) in [6.45, 7) is 1.51. The summed E-state index contributed by atoms with van der Waals surface area (Å²) < 4.78 is 19.4. The average Bonchev–Trinajstić information content (AvgIpc) is 2.84. The molecule has 0 spiro atoms. The van der Waals surface area contributed by atoms with Crippen molar-refractivity contribution in [3.63, 3.8) is 0 Å². The van der Waals surface area contributed by atoms with Crippen LogP contribution >= 0.6 is 15.9 Å². The van der Waals surface area contributed by atoms with Gasteiger partial charge < -0.3 is 4.74 Å². The van der Waals surface area contributed by atoms with E-state index in [0.29, 0.717) is 12.3 Å². The Balaban J connectivity index is 2.09. The molecule has 1 aromatic rings. The summed E-state index contributed by atoms with van der Waals surface area (Å²) in [5.41, 5.74) is 3.75. The molecular weight excluding hydrogens is 287 g/mol. The van der Waals surface area contributed by atoms with Crippen LogP contribution in [0, 0.1) is 11.7 Å². The molecule has 5 heteroatoms. The Bertz CT molecular complexity index is 383. The fourth-order valence-electron chi connectivity index (χ4n) is 2.17. The van der Waals surface area contributed by atoms with Gasteiger partial charge in [0.2, 0.25) is 0 Å². The van der Waals surface area contributed by atoms with Gasteiger partial charge in [0.05, 0.1) is 6.61 Å². The second-order valence-corrected chi connectivity index (χ2v) is 5.19. The molecule has 2 atom stereocenters. The van der Waals surface area contributed by atoms with Gasteiger partial charge in [-0.1, -0.05) is 15.9 Å². The highest BCUT2D eigenvalue weighted by Gasteiger charge is 2.25. The van der Waals surface area contributed by atoms with Crippen molar-refractivity contribution in [3.05, 3.63) is 34.1 Å². The van der Waals surface area contributed by atoms with E-state index in [1.165, 1.54) is 6.07 Å². The molecule has 2 unspecified atom stereocenters. The third-order valence-electron chi connectivity index (χ3n) is 3.20. The molecule has 3 nitrogen and oxygen atoms in total. The van der Waals surface area contributed by atoms with Crippen molar-refractivity contribution in [3.8, 4) is 0 Å². The van der Waals surface area contributed by atoms with E-state index in [1.54, 1.807) is 12.1 Å². The maximum atomic E-state index is 13.2. The van der Waals surface area contributed by atoms with E-state index in [-0.39, 0.29) is 11.9 Å². The molecule has 1 heterocycles. The third kappa shape index (κ3) is 3.25. The third-order valence-corrected chi connectivity index (χ3v) is 3.97. The summed E-state index contributed by atoms with van der Waals surface area (Å²) >= 11 is 3.43. The van der Waals surface area contributed by atoms with Gasteiger partial charge in [-0.3, -0.25) is 11.3 Å². The van der Waals surface area contributed by atoms with Gasteiger partial charge in [-0.25, -0.2) is 4.39 Å². The standard InChI is InChI=1S/C12H16BrFN2O/c13-11-2-1-10(14)5-9(11)6-12(16-15)8-3-4-17-7-8/h1-2,5,8,12,16H,3-4,6-7,15H2. The van der Waals surface area contributed by atoms with Crippen LogP contribution in [0.3, 0.4) is 0 Å². The Labute approximate surface area is 109 Å². The predicted octanol–water partition coefficient (Wildman–Crippen LogP) is 2.00. The lowest BCUT2D eigenvalue weighted by atomic mass is 9.93. The molecule has 1 aliphatic heterocycles. The summed E-state index contributed by atoms with van der Waals surface area (Å²) in [5.74, 6) is 5.75. The molecule has 0 bridgehead atoms. The van der Waals surface area contributed by atoms with Gasteiger partial charge >= 0.3 is 0 Å². The van der Waals surface area contributed by atoms with Gasteiger partial charge in [-0.15, -0.1) is 0 Å². The number of rotatable bonds is 4. The van der Waals surface area contributed by atoms with E-state index in [2.05, 4.69) is 21.4 Å². The molecule has 3 N–H and O–H groups in total. The van der Waals surface area contributed by atoms with Crippen molar-refractivity contribution < 1.29 is 9.13 Å². The van der Waals surface area contributed by atoms with E-state index in [0.717, 1.165) is 29.7 Å². The van der Waals surface area contributed by atoms with E-state index in [4.69, 9.17) is 10.6 Å². The smallest absolute Gasteiger partial charge is 0.123 e. The average molecular weight is 303 g/mol. The highest BCUT2D eigenvalue weighted by atomic mass is 79.9. The minimum atomic E-state index is -0.221. The molecule has 1 fully saturated rings. The normalized spacial score (nSPS) is 21.7. The first kappa shape index (κ1) is 13.0. The monoisotopic (exact) mass is 302 g/mol. The van der Waals surface area contributed by atoms with Crippen molar-refractivity contribution in [2.45, 2.75) is 18.9 Å². The van der Waals surface area contributed by atoms with Crippen molar-refractivity contribution in [1.82, 2.24) is 5.43 Å².